The lowest BCUT2D eigenvalue weighted by atomic mass is 9.98. The van der Waals surface area contributed by atoms with Crippen molar-refractivity contribution in [2.45, 2.75) is 13.3 Å². The Bertz CT molecular complexity index is 514. The minimum Gasteiger partial charge on any atom is -0.492 e. The lowest BCUT2D eigenvalue weighted by molar-refractivity contribution is 0.358. The minimum atomic E-state index is 0.819. The second-order valence-electron chi connectivity index (χ2n) is 4.20. The Kier molecular flexibility index (Phi) is 2.17. The average molecular weight is 210 g/mol. The number of benzene rings is 2. The fraction of sp³-hybridized carbons (Fsp3) is 0.200. The summed E-state index contributed by atoms with van der Waals surface area (Å²) in [6.45, 7) is 2.97. The average Bonchev–Trinajstić information content (AvgIpc) is 2.81. The monoisotopic (exact) mass is 210 g/mol. The van der Waals surface area contributed by atoms with Crippen molar-refractivity contribution < 1.29 is 4.74 Å². The molecule has 0 amide bonds. The Labute approximate surface area is 95.7 Å². The first-order valence-electron chi connectivity index (χ1n) is 5.67. The van der Waals surface area contributed by atoms with Gasteiger partial charge in [-0.2, -0.15) is 0 Å². The smallest absolute Gasteiger partial charge is 0.130 e. The number of hydrogen-bond acceptors (Lipinski definition) is 1. The van der Waals surface area contributed by atoms with Crippen LogP contribution < -0.4 is 4.74 Å². The molecule has 0 N–H and O–H groups in total. The van der Waals surface area contributed by atoms with E-state index in [9.17, 15) is 0 Å². The molecule has 0 radical (unpaired) electrons. The van der Waals surface area contributed by atoms with E-state index in [2.05, 4.69) is 43.3 Å². The van der Waals surface area contributed by atoms with Crippen molar-refractivity contribution in [3.63, 3.8) is 0 Å². The van der Waals surface area contributed by atoms with Gasteiger partial charge in [0.25, 0.3) is 0 Å². The van der Waals surface area contributed by atoms with E-state index in [0.717, 1.165) is 18.8 Å². The molecular formula is C15H14O. The van der Waals surface area contributed by atoms with Gasteiger partial charge in [-0.15, -0.1) is 0 Å². The molecule has 3 rings (SSSR count). The number of aryl methyl sites for hydroxylation is 1. The van der Waals surface area contributed by atoms with Gasteiger partial charge in [-0.05, 0) is 18.1 Å². The SMILES string of the molecule is Cc1ccc(-c2ccccc2)c2c1CCO2. The molecule has 80 valence electrons. The summed E-state index contributed by atoms with van der Waals surface area (Å²) in [6.07, 6.45) is 1.04. The quantitative estimate of drug-likeness (QED) is 0.698. The molecule has 0 fully saturated rings. The zero-order valence-corrected chi connectivity index (χ0v) is 9.36. The molecule has 0 saturated heterocycles. The van der Waals surface area contributed by atoms with Crippen LogP contribution in [0.5, 0.6) is 5.75 Å². The first kappa shape index (κ1) is 9.46. The molecule has 0 bridgehead atoms. The van der Waals surface area contributed by atoms with Gasteiger partial charge in [0.2, 0.25) is 0 Å². The van der Waals surface area contributed by atoms with Gasteiger partial charge in [0.1, 0.15) is 5.75 Å². The first-order chi connectivity index (χ1) is 7.86. The van der Waals surface area contributed by atoms with E-state index >= 15 is 0 Å². The molecule has 1 nitrogen and oxygen atoms in total. The molecule has 2 aromatic rings. The molecule has 16 heavy (non-hydrogen) atoms. The summed E-state index contributed by atoms with van der Waals surface area (Å²) in [5, 5.41) is 0. The number of rotatable bonds is 1. The van der Waals surface area contributed by atoms with E-state index in [-0.39, 0.29) is 0 Å². The van der Waals surface area contributed by atoms with Crippen LogP contribution in [0.4, 0.5) is 0 Å². The molecular weight excluding hydrogens is 196 g/mol. The van der Waals surface area contributed by atoms with Crippen LogP contribution in [0.15, 0.2) is 42.5 Å². The fourth-order valence-corrected chi connectivity index (χ4v) is 2.30. The summed E-state index contributed by atoms with van der Waals surface area (Å²) < 4.78 is 5.76. The van der Waals surface area contributed by atoms with Crippen LogP contribution in [0.3, 0.4) is 0 Å². The number of hydrogen-bond donors (Lipinski definition) is 0. The fourth-order valence-electron chi connectivity index (χ4n) is 2.30. The lowest BCUT2D eigenvalue weighted by Gasteiger charge is -2.09. The maximum atomic E-state index is 5.76. The summed E-state index contributed by atoms with van der Waals surface area (Å²) in [5.74, 6) is 1.09. The second-order valence-corrected chi connectivity index (χ2v) is 4.20. The van der Waals surface area contributed by atoms with Gasteiger partial charge in [-0.1, -0.05) is 42.5 Å². The highest BCUT2D eigenvalue weighted by Gasteiger charge is 2.18. The normalized spacial score (nSPS) is 13.3. The molecule has 2 aromatic carbocycles. The van der Waals surface area contributed by atoms with Crippen molar-refractivity contribution in [2.75, 3.05) is 6.61 Å². The van der Waals surface area contributed by atoms with Crippen LogP contribution in [0.1, 0.15) is 11.1 Å². The standard InChI is InChI=1S/C15H14O/c1-11-7-8-14(12-5-3-2-4-6-12)15-13(11)9-10-16-15/h2-8H,9-10H2,1H3. The summed E-state index contributed by atoms with van der Waals surface area (Å²) >= 11 is 0. The third-order valence-electron chi connectivity index (χ3n) is 3.18. The highest BCUT2D eigenvalue weighted by Crippen LogP contribution is 2.38. The molecule has 0 aliphatic carbocycles. The van der Waals surface area contributed by atoms with Crippen LogP contribution >= 0.6 is 0 Å². The number of fused-ring (bicyclic) bond motifs is 1. The first-order valence-corrected chi connectivity index (χ1v) is 5.67. The molecule has 1 heteroatoms. The number of ether oxygens (including phenoxy) is 1. The van der Waals surface area contributed by atoms with Gasteiger partial charge in [0.15, 0.2) is 0 Å². The van der Waals surface area contributed by atoms with Crippen LogP contribution in [-0.4, -0.2) is 6.61 Å². The molecule has 1 aliphatic heterocycles. The van der Waals surface area contributed by atoms with Gasteiger partial charge in [-0.3, -0.25) is 0 Å². The Balaban J connectivity index is 2.20. The van der Waals surface area contributed by atoms with E-state index < -0.39 is 0 Å². The van der Waals surface area contributed by atoms with Crippen molar-refractivity contribution >= 4 is 0 Å². The van der Waals surface area contributed by atoms with Gasteiger partial charge >= 0.3 is 0 Å². The van der Waals surface area contributed by atoms with E-state index in [1.165, 1.54) is 22.3 Å². The van der Waals surface area contributed by atoms with Crippen molar-refractivity contribution in [2.24, 2.45) is 0 Å². The lowest BCUT2D eigenvalue weighted by Crippen LogP contribution is -1.88. The Morgan fingerprint density at radius 2 is 1.81 bits per heavy atom. The zero-order chi connectivity index (χ0) is 11.0. The van der Waals surface area contributed by atoms with Crippen LogP contribution in [0.2, 0.25) is 0 Å². The molecule has 0 unspecified atom stereocenters. The molecule has 0 aromatic heterocycles. The summed E-state index contributed by atoms with van der Waals surface area (Å²) in [4.78, 5) is 0. The second kappa shape index (κ2) is 3.67. The minimum absolute atomic E-state index is 0.819. The zero-order valence-electron chi connectivity index (χ0n) is 9.36. The van der Waals surface area contributed by atoms with Crippen LogP contribution in [0.25, 0.3) is 11.1 Å². The highest BCUT2D eigenvalue weighted by atomic mass is 16.5. The summed E-state index contributed by atoms with van der Waals surface area (Å²) in [6, 6.07) is 14.8. The van der Waals surface area contributed by atoms with E-state index in [1.54, 1.807) is 0 Å². The molecule has 0 spiro atoms. The maximum Gasteiger partial charge on any atom is 0.130 e. The third kappa shape index (κ3) is 1.40. The summed E-state index contributed by atoms with van der Waals surface area (Å²) in [7, 11) is 0. The Morgan fingerprint density at radius 3 is 2.62 bits per heavy atom. The summed E-state index contributed by atoms with van der Waals surface area (Å²) in [5.41, 5.74) is 5.17. The van der Waals surface area contributed by atoms with Crippen LogP contribution in [0, 0.1) is 6.92 Å². The molecule has 1 heterocycles. The van der Waals surface area contributed by atoms with Crippen molar-refractivity contribution in [3.8, 4) is 16.9 Å². The van der Waals surface area contributed by atoms with Gasteiger partial charge in [0.05, 0.1) is 6.61 Å². The van der Waals surface area contributed by atoms with E-state index in [4.69, 9.17) is 4.74 Å². The maximum absolute atomic E-state index is 5.76. The van der Waals surface area contributed by atoms with Gasteiger partial charge in [0, 0.05) is 17.5 Å². The van der Waals surface area contributed by atoms with Gasteiger partial charge in [-0.25, -0.2) is 0 Å². The van der Waals surface area contributed by atoms with Crippen molar-refractivity contribution in [3.05, 3.63) is 53.6 Å². The Morgan fingerprint density at radius 1 is 1.00 bits per heavy atom. The molecule has 1 aliphatic rings. The largest absolute Gasteiger partial charge is 0.492 e. The predicted molar refractivity (Wildman–Crippen MR) is 65.8 cm³/mol. The van der Waals surface area contributed by atoms with Gasteiger partial charge < -0.3 is 4.74 Å². The Hall–Kier alpha value is -1.76. The predicted octanol–water partition coefficient (Wildman–Crippen LogP) is 3.60. The van der Waals surface area contributed by atoms with E-state index in [1.807, 2.05) is 6.07 Å². The third-order valence-corrected chi connectivity index (χ3v) is 3.18. The van der Waals surface area contributed by atoms with Crippen molar-refractivity contribution in [1.29, 1.82) is 0 Å². The molecule has 0 atom stereocenters. The highest BCUT2D eigenvalue weighted by molar-refractivity contribution is 5.73. The van der Waals surface area contributed by atoms with Crippen LogP contribution in [-0.2, 0) is 6.42 Å². The topological polar surface area (TPSA) is 9.23 Å². The molecule has 0 saturated carbocycles. The van der Waals surface area contributed by atoms with E-state index in [0.29, 0.717) is 0 Å². The van der Waals surface area contributed by atoms with Crippen molar-refractivity contribution in [1.82, 2.24) is 0 Å².